The van der Waals surface area contributed by atoms with Crippen LogP contribution >= 0.6 is 0 Å². The summed E-state index contributed by atoms with van der Waals surface area (Å²) in [5.74, 6) is 2.09. The summed E-state index contributed by atoms with van der Waals surface area (Å²) < 4.78 is 15.8. The Labute approximate surface area is 148 Å². The van der Waals surface area contributed by atoms with Crippen LogP contribution in [0.5, 0.6) is 17.2 Å². The molecule has 0 bridgehead atoms. The summed E-state index contributed by atoms with van der Waals surface area (Å²) in [5, 5.41) is 2.97. The summed E-state index contributed by atoms with van der Waals surface area (Å²) in [6.07, 6.45) is 0.286. The Balaban J connectivity index is 2.01. The fourth-order valence-electron chi connectivity index (χ4n) is 2.70. The largest absolute Gasteiger partial charge is 0.496 e. The van der Waals surface area contributed by atoms with Crippen molar-refractivity contribution in [2.45, 2.75) is 26.8 Å². The quantitative estimate of drug-likeness (QED) is 0.839. The maximum Gasteiger partial charge on any atom is 0.224 e. The molecule has 0 radical (unpaired) electrons. The predicted octanol–water partition coefficient (Wildman–Crippen LogP) is 3.19. The van der Waals surface area contributed by atoms with Gasteiger partial charge in [-0.3, -0.25) is 4.79 Å². The monoisotopic (exact) mass is 343 g/mol. The van der Waals surface area contributed by atoms with Gasteiger partial charge in [-0.2, -0.15) is 0 Å². The van der Waals surface area contributed by atoms with E-state index in [9.17, 15) is 4.79 Å². The molecule has 1 amide bonds. The lowest BCUT2D eigenvalue weighted by atomic mass is 10.0. The number of carbonyl (C=O) groups is 1. The molecule has 0 unspecified atom stereocenters. The van der Waals surface area contributed by atoms with Crippen LogP contribution in [0.4, 0.5) is 0 Å². The highest BCUT2D eigenvalue weighted by molar-refractivity contribution is 5.78. The molecule has 134 valence electrons. The molecular formula is C20H25NO4. The fraction of sp³-hybridized carbons (Fsp3) is 0.350. The van der Waals surface area contributed by atoms with Crippen LogP contribution in [-0.4, -0.2) is 27.2 Å². The van der Waals surface area contributed by atoms with Crippen LogP contribution in [0.2, 0.25) is 0 Å². The van der Waals surface area contributed by atoms with Gasteiger partial charge in [0.05, 0.1) is 27.8 Å². The minimum Gasteiger partial charge on any atom is -0.496 e. The fourth-order valence-corrected chi connectivity index (χ4v) is 2.70. The van der Waals surface area contributed by atoms with Crippen molar-refractivity contribution in [1.29, 1.82) is 0 Å². The van der Waals surface area contributed by atoms with E-state index in [2.05, 4.69) is 5.32 Å². The van der Waals surface area contributed by atoms with E-state index in [1.165, 1.54) is 0 Å². The highest BCUT2D eigenvalue weighted by Gasteiger charge is 2.10. The van der Waals surface area contributed by atoms with Gasteiger partial charge in [-0.1, -0.05) is 12.1 Å². The number of benzene rings is 2. The van der Waals surface area contributed by atoms with Crippen molar-refractivity contribution in [1.82, 2.24) is 5.32 Å². The topological polar surface area (TPSA) is 56.8 Å². The first-order chi connectivity index (χ1) is 12.0. The lowest BCUT2D eigenvalue weighted by molar-refractivity contribution is -0.120. The van der Waals surface area contributed by atoms with E-state index in [1.807, 2.05) is 38.1 Å². The normalized spacial score (nSPS) is 10.3. The van der Waals surface area contributed by atoms with Gasteiger partial charge in [-0.15, -0.1) is 0 Å². The average Bonchev–Trinajstić information content (AvgIpc) is 2.62. The summed E-state index contributed by atoms with van der Waals surface area (Å²) >= 11 is 0. The molecule has 2 aromatic carbocycles. The summed E-state index contributed by atoms with van der Waals surface area (Å²) in [5.41, 5.74) is 4.18. The molecule has 2 aromatic rings. The van der Waals surface area contributed by atoms with Crippen molar-refractivity contribution in [3.05, 3.63) is 52.6 Å². The van der Waals surface area contributed by atoms with Crippen molar-refractivity contribution < 1.29 is 19.0 Å². The van der Waals surface area contributed by atoms with Crippen molar-refractivity contribution >= 4 is 5.91 Å². The molecule has 25 heavy (non-hydrogen) atoms. The Morgan fingerprint density at radius 2 is 1.52 bits per heavy atom. The molecule has 0 aliphatic carbocycles. The number of amides is 1. The molecule has 5 nitrogen and oxygen atoms in total. The van der Waals surface area contributed by atoms with Gasteiger partial charge in [0.15, 0.2) is 11.5 Å². The van der Waals surface area contributed by atoms with Gasteiger partial charge in [0.25, 0.3) is 0 Å². The molecule has 0 atom stereocenters. The van der Waals surface area contributed by atoms with Crippen molar-refractivity contribution in [2.75, 3.05) is 21.3 Å². The Morgan fingerprint density at radius 1 is 0.880 bits per heavy atom. The van der Waals surface area contributed by atoms with E-state index < -0.39 is 0 Å². The highest BCUT2D eigenvalue weighted by Crippen LogP contribution is 2.28. The zero-order valence-electron chi connectivity index (χ0n) is 15.4. The molecule has 0 saturated heterocycles. The molecule has 0 aliphatic heterocycles. The number of hydrogen-bond acceptors (Lipinski definition) is 4. The standard InChI is InChI=1S/C20H25NO4/c1-13-14(2)17(23-3)9-7-16(13)12-21-20(22)11-15-6-8-18(24-4)19(10-15)25-5/h6-10H,11-12H2,1-5H3,(H,21,22). The van der Waals surface area contributed by atoms with Gasteiger partial charge in [0.1, 0.15) is 5.75 Å². The van der Waals surface area contributed by atoms with Crippen LogP contribution in [0.3, 0.4) is 0 Å². The first kappa shape index (κ1) is 18.6. The number of carbonyl (C=O) groups excluding carboxylic acids is 1. The van der Waals surface area contributed by atoms with Gasteiger partial charge >= 0.3 is 0 Å². The smallest absolute Gasteiger partial charge is 0.224 e. The minimum absolute atomic E-state index is 0.0416. The first-order valence-electron chi connectivity index (χ1n) is 8.10. The lowest BCUT2D eigenvalue weighted by Crippen LogP contribution is -2.25. The van der Waals surface area contributed by atoms with Crippen LogP contribution in [0.1, 0.15) is 22.3 Å². The van der Waals surface area contributed by atoms with E-state index in [4.69, 9.17) is 14.2 Å². The molecule has 1 N–H and O–H groups in total. The average molecular weight is 343 g/mol. The van der Waals surface area contributed by atoms with Gasteiger partial charge in [0, 0.05) is 6.54 Å². The third-order valence-electron chi connectivity index (χ3n) is 4.36. The van der Waals surface area contributed by atoms with Gasteiger partial charge in [-0.25, -0.2) is 0 Å². The third-order valence-corrected chi connectivity index (χ3v) is 4.36. The lowest BCUT2D eigenvalue weighted by Gasteiger charge is -2.13. The summed E-state index contributed by atoms with van der Waals surface area (Å²) in [6.45, 7) is 4.54. The summed E-state index contributed by atoms with van der Waals surface area (Å²) in [6, 6.07) is 9.40. The van der Waals surface area contributed by atoms with Gasteiger partial charge in [-0.05, 0) is 54.3 Å². The van der Waals surface area contributed by atoms with Crippen molar-refractivity contribution in [2.24, 2.45) is 0 Å². The molecule has 0 heterocycles. The second-order valence-electron chi connectivity index (χ2n) is 5.82. The molecule has 0 aromatic heterocycles. The molecule has 0 spiro atoms. The number of hydrogen-bond donors (Lipinski definition) is 1. The first-order valence-corrected chi connectivity index (χ1v) is 8.10. The van der Waals surface area contributed by atoms with Crippen molar-refractivity contribution in [3.63, 3.8) is 0 Å². The Morgan fingerprint density at radius 3 is 2.16 bits per heavy atom. The van der Waals surface area contributed by atoms with Gasteiger partial charge < -0.3 is 19.5 Å². The van der Waals surface area contributed by atoms with Crippen LogP contribution in [0.25, 0.3) is 0 Å². The van der Waals surface area contributed by atoms with Gasteiger partial charge in [0.2, 0.25) is 5.91 Å². The van der Waals surface area contributed by atoms with Crippen molar-refractivity contribution in [3.8, 4) is 17.2 Å². The zero-order chi connectivity index (χ0) is 18.4. The third kappa shape index (κ3) is 4.44. The van der Waals surface area contributed by atoms with E-state index in [0.29, 0.717) is 18.0 Å². The molecule has 5 heteroatoms. The number of ether oxygens (including phenoxy) is 3. The number of rotatable bonds is 7. The second kappa shape index (κ2) is 8.42. The Kier molecular flexibility index (Phi) is 6.28. The van der Waals surface area contributed by atoms with Crippen LogP contribution in [0.15, 0.2) is 30.3 Å². The minimum atomic E-state index is -0.0416. The maximum atomic E-state index is 12.3. The zero-order valence-corrected chi connectivity index (χ0v) is 15.4. The van der Waals surface area contributed by atoms with Crippen LogP contribution in [-0.2, 0) is 17.8 Å². The molecule has 0 fully saturated rings. The highest BCUT2D eigenvalue weighted by atomic mass is 16.5. The maximum absolute atomic E-state index is 12.3. The molecule has 0 aliphatic rings. The van der Waals surface area contributed by atoms with E-state index in [-0.39, 0.29) is 12.3 Å². The molecular weight excluding hydrogens is 318 g/mol. The Hall–Kier alpha value is -2.69. The second-order valence-corrected chi connectivity index (χ2v) is 5.82. The summed E-state index contributed by atoms with van der Waals surface area (Å²) in [7, 11) is 4.83. The number of nitrogens with one attached hydrogen (secondary N) is 1. The summed E-state index contributed by atoms with van der Waals surface area (Å²) in [4.78, 5) is 12.3. The van der Waals surface area contributed by atoms with Crippen LogP contribution < -0.4 is 19.5 Å². The molecule has 0 saturated carbocycles. The predicted molar refractivity (Wildman–Crippen MR) is 97.6 cm³/mol. The van der Waals surface area contributed by atoms with E-state index >= 15 is 0 Å². The number of methoxy groups -OCH3 is 3. The SMILES string of the molecule is COc1ccc(CC(=O)NCc2ccc(OC)c(C)c2C)cc1OC. The Bertz CT molecular complexity index is 756. The van der Waals surface area contributed by atoms with E-state index in [1.54, 1.807) is 27.4 Å². The molecule has 2 rings (SSSR count). The van der Waals surface area contributed by atoms with E-state index in [0.717, 1.165) is 28.0 Å². The van der Waals surface area contributed by atoms with Crippen LogP contribution in [0, 0.1) is 13.8 Å².